The predicted molar refractivity (Wildman–Crippen MR) is 131 cm³/mol. The number of carbonyl (C=O) groups is 1. The second kappa shape index (κ2) is 10.5. The van der Waals surface area contributed by atoms with Crippen molar-refractivity contribution in [1.82, 2.24) is 5.32 Å². The summed E-state index contributed by atoms with van der Waals surface area (Å²) in [4.78, 5) is 13.1. The summed E-state index contributed by atoms with van der Waals surface area (Å²) in [5.74, 6) is 0.225. The average molecular weight is 479 g/mol. The lowest BCUT2D eigenvalue weighted by Crippen LogP contribution is -2.34. The van der Waals surface area contributed by atoms with Crippen LogP contribution in [0.3, 0.4) is 0 Å². The third-order valence-electron chi connectivity index (χ3n) is 6.60. The molecule has 3 rings (SSSR count). The summed E-state index contributed by atoms with van der Waals surface area (Å²) in [6.07, 6.45) is 1.09. The van der Waals surface area contributed by atoms with Crippen molar-refractivity contribution in [2.75, 3.05) is 31.6 Å². The normalized spacial score (nSPS) is 23.3. The summed E-state index contributed by atoms with van der Waals surface area (Å²) in [6, 6.07) is 3.63. The Kier molecular flexibility index (Phi) is 8.17. The van der Waals surface area contributed by atoms with E-state index in [1.54, 1.807) is 6.07 Å². The van der Waals surface area contributed by atoms with Gasteiger partial charge in [0, 0.05) is 24.4 Å². The van der Waals surface area contributed by atoms with Crippen LogP contribution in [0.2, 0.25) is 0 Å². The van der Waals surface area contributed by atoms with Gasteiger partial charge in [-0.2, -0.15) is 13.2 Å². The molecule has 2 N–H and O–H groups in total. The van der Waals surface area contributed by atoms with Crippen LogP contribution in [0.4, 0.5) is 18.9 Å². The van der Waals surface area contributed by atoms with E-state index in [9.17, 15) is 18.0 Å². The maximum Gasteiger partial charge on any atom is 0.405 e. The number of halogens is 3. The Morgan fingerprint density at radius 2 is 1.88 bits per heavy atom. The maximum atomic E-state index is 13.1. The third kappa shape index (κ3) is 6.87. The third-order valence-corrected chi connectivity index (χ3v) is 6.60. The number of benzene rings is 1. The molecule has 1 aromatic carbocycles. The monoisotopic (exact) mass is 478 g/mol. The van der Waals surface area contributed by atoms with Crippen LogP contribution < -0.4 is 10.6 Å². The summed E-state index contributed by atoms with van der Waals surface area (Å²) in [7, 11) is 0. The highest BCUT2D eigenvalue weighted by molar-refractivity contribution is 5.99. The van der Waals surface area contributed by atoms with E-state index in [0.29, 0.717) is 36.8 Å². The molecule has 1 aliphatic carbocycles. The molecular formula is C27H37F3N2O2. The Bertz CT molecular complexity index is 965. The molecule has 2 aliphatic rings. The van der Waals surface area contributed by atoms with Crippen molar-refractivity contribution < 1.29 is 22.7 Å². The SMILES string of the molecule is C/C1=C/C(C(=O)NCC2CCCOC2)=C(\C)CCc2c1cc(NCC(F)(F)F)cc2C(C)(C)C. The largest absolute Gasteiger partial charge is 0.405 e. The highest BCUT2D eigenvalue weighted by Crippen LogP contribution is 2.37. The van der Waals surface area contributed by atoms with Crippen molar-refractivity contribution in [2.45, 2.75) is 71.9 Å². The summed E-state index contributed by atoms with van der Waals surface area (Å²) in [5, 5.41) is 5.62. The number of nitrogens with one attached hydrogen (secondary N) is 2. The fraction of sp³-hybridized carbons (Fsp3) is 0.593. The van der Waals surface area contributed by atoms with Crippen molar-refractivity contribution in [1.29, 1.82) is 0 Å². The van der Waals surface area contributed by atoms with E-state index in [2.05, 4.69) is 31.4 Å². The number of rotatable bonds is 5. The Labute approximate surface area is 201 Å². The maximum absolute atomic E-state index is 13.1. The Hall–Kier alpha value is -2.28. The van der Waals surface area contributed by atoms with Gasteiger partial charge in [0.1, 0.15) is 6.54 Å². The van der Waals surface area contributed by atoms with Crippen LogP contribution >= 0.6 is 0 Å². The molecule has 0 saturated carbocycles. The number of allylic oxidation sites excluding steroid dienone is 2. The number of amides is 1. The summed E-state index contributed by atoms with van der Waals surface area (Å²) in [5.41, 5.74) is 5.80. The molecule has 0 bridgehead atoms. The molecule has 4 nitrogen and oxygen atoms in total. The minimum atomic E-state index is -4.30. The number of alkyl halides is 3. The van der Waals surface area contributed by atoms with Crippen molar-refractivity contribution in [3.05, 3.63) is 46.0 Å². The van der Waals surface area contributed by atoms with Gasteiger partial charge in [0.15, 0.2) is 0 Å². The molecule has 1 fully saturated rings. The number of fused-ring (bicyclic) bond motifs is 1. The van der Waals surface area contributed by atoms with Gasteiger partial charge in [-0.05, 0) is 91.3 Å². The Balaban J connectivity index is 1.92. The molecule has 7 heteroatoms. The van der Waals surface area contributed by atoms with Crippen LogP contribution in [0.5, 0.6) is 0 Å². The van der Waals surface area contributed by atoms with Crippen LogP contribution in [0.1, 0.15) is 70.6 Å². The van der Waals surface area contributed by atoms with Crippen molar-refractivity contribution in [3.8, 4) is 0 Å². The first-order chi connectivity index (χ1) is 15.8. The first-order valence-corrected chi connectivity index (χ1v) is 12.1. The number of anilines is 1. The van der Waals surface area contributed by atoms with Crippen LogP contribution in [-0.2, 0) is 21.4 Å². The molecule has 34 heavy (non-hydrogen) atoms. The summed E-state index contributed by atoms with van der Waals surface area (Å²) < 4.78 is 44.1. The fourth-order valence-corrected chi connectivity index (χ4v) is 4.69. The zero-order valence-corrected chi connectivity index (χ0v) is 20.9. The number of ether oxygens (including phenoxy) is 1. The van der Waals surface area contributed by atoms with E-state index in [0.717, 1.165) is 53.7 Å². The highest BCUT2D eigenvalue weighted by Gasteiger charge is 2.28. The molecule has 0 spiro atoms. The zero-order chi connectivity index (χ0) is 25.1. The molecular weight excluding hydrogens is 441 g/mol. The fourth-order valence-electron chi connectivity index (χ4n) is 4.69. The molecule has 1 atom stereocenters. The first-order valence-electron chi connectivity index (χ1n) is 12.1. The predicted octanol–water partition coefficient (Wildman–Crippen LogP) is 6.17. The summed E-state index contributed by atoms with van der Waals surface area (Å²) in [6.45, 7) is 11.1. The standard InChI is InChI=1S/C27H37F3N2O2/c1-17-8-9-21-22(12-20(32-16-27(28,29)30)13-24(21)26(3,4)5)18(2)11-23(17)25(33)31-14-19-7-6-10-34-15-19/h11-13,19,32H,6-10,14-16H2,1-5H3,(H,31,33)/b18-11-,23-17-. The molecule has 1 aliphatic heterocycles. The van der Waals surface area contributed by atoms with Crippen LogP contribution in [0.25, 0.3) is 5.57 Å². The quantitative estimate of drug-likeness (QED) is 0.532. The molecule has 1 amide bonds. The number of carbonyl (C=O) groups excluding carboxylic acids is 1. The van der Waals surface area contributed by atoms with Gasteiger partial charge in [-0.25, -0.2) is 0 Å². The van der Waals surface area contributed by atoms with Crippen molar-refractivity contribution >= 4 is 17.2 Å². The molecule has 1 saturated heterocycles. The molecule has 0 aromatic heterocycles. The van der Waals surface area contributed by atoms with Gasteiger partial charge in [0.2, 0.25) is 0 Å². The molecule has 1 unspecified atom stereocenters. The van der Waals surface area contributed by atoms with Crippen LogP contribution in [-0.4, -0.2) is 38.4 Å². The van der Waals surface area contributed by atoms with E-state index in [1.165, 1.54) is 0 Å². The average Bonchev–Trinajstić information content (AvgIpc) is 2.76. The van der Waals surface area contributed by atoms with E-state index in [1.807, 2.05) is 26.0 Å². The van der Waals surface area contributed by atoms with E-state index >= 15 is 0 Å². The van der Waals surface area contributed by atoms with E-state index in [-0.39, 0.29) is 11.3 Å². The number of hydrogen-bond acceptors (Lipinski definition) is 3. The van der Waals surface area contributed by atoms with E-state index < -0.39 is 12.7 Å². The van der Waals surface area contributed by atoms with Crippen molar-refractivity contribution in [3.63, 3.8) is 0 Å². The Morgan fingerprint density at radius 1 is 1.15 bits per heavy atom. The Morgan fingerprint density at radius 3 is 2.50 bits per heavy atom. The lowest BCUT2D eigenvalue weighted by molar-refractivity contribution is -0.117. The topological polar surface area (TPSA) is 50.4 Å². The van der Waals surface area contributed by atoms with Crippen LogP contribution in [0.15, 0.2) is 29.4 Å². The van der Waals surface area contributed by atoms with Gasteiger partial charge in [-0.1, -0.05) is 26.3 Å². The van der Waals surface area contributed by atoms with Gasteiger partial charge in [0.05, 0.1) is 6.61 Å². The minimum absolute atomic E-state index is 0.103. The summed E-state index contributed by atoms with van der Waals surface area (Å²) >= 11 is 0. The van der Waals surface area contributed by atoms with Gasteiger partial charge in [-0.3, -0.25) is 4.79 Å². The smallest absolute Gasteiger partial charge is 0.381 e. The molecule has 188 valence electrons. The lowest BCUT2D eigenvalue weighted by Gasteiger charge is -2.28. The second-order valence-corrected chi connectivity index (χ2v) is 10.6. The van der Waals surface area contributed by atoms with Gasteiger partial charge in [0.25, 0.3) is 5.91 Å². The second-order valence-electron chi connectivity index (χ2n) is 10.6. The number of hydrogen-bond donors (Lipinski definition) is 2. The molecule has 1 heterocycles. The van der Waals surface area contributed by atoms with E-state index in [4.69, 9.17) is 4.74 Å². The highest BCUT2D eigenvalue weighted by atomic mass is 19.4. The van der Waals surface area contributed by atoms with Gasteiger partial charge >= 0.3 is 6.18 Å². The van der Waals surface area contributed by atoms with Gasteiger partial charge < -0.3 is 15.4 Å². The van der Waals surface area contributed by atoms with Crippen molar-refractivity contribution in [2.24, 2.45) is 5.92 Å². The van der Waals surface area contributed by atoms with Crippen LogP contribution in [0, 0.1) is 5.92 Å². The minimum Gasteiger partial charge on any atom is -0.381 e. The first kappa shape index (κ1) is 26.3. The molecule has 0 radical (unpaired) electrons. The molecule has 1 aromatic rings. The lowest BCUT2D eigenvalue weighted by atomic mass is 9.78. The van der Waals surface area contributed by atoms with Gasteiger partial charge in [-0.15, -0.1) is 0 Å². The zero-order valence-electron chi connectivity index (χ0n) is 20.9.